The van der Waals surface area contributed by atoms with Crippen molar-refractivity contribution in [3.8, 4) is 0 Å². The molecule has 1 unspecified atom stereocenters. The van der Waals surface area contributed by atoms with Crippen LogP contribution in [0.25, 0.3) is 0 Å². The smallest absolute Gasteiger partial charge is 0.326 e. The van der Waals surface area contributed by atoms with Crippen molar-refractivity contribution < 1.29 is 24.6 Å². The van der Waals surface area contributed by atoms with Crippen LogP contribution in [0, 0.1) is 5.92 Å². The Labute approximate surface area is 119 Å². The van der Waals surface area contributed by atoms with E-state index >= 15 is 0 Å². The number of carboxylic acids is 2. The van der Waals surface area contributed by atoms with Crippen molar-refractivity contribution in [2.45, 2.75) is 52.1 Å². The summed E-state index contributed by atoms with van der Waals surface area (Å²) in [5.74, 6) is -1.89. The highest BCUT2D eigenvalue weighted by molar-refractivity contribution is 5.82. The van der Waals surface area contributed by atoms with Gasteiger partial charge in [-0.1, -0.05) is 13.8 Å². The average molecular weight is 288 g/mol. The van der Waals surface area contributed by atoms with Gasteiger partial charge in [-0.2, -0.15) is 0 Å². The molecule has 0 aliphatic carbocycles. The molecule has 20 heavy (non-hydrogen) atoms. The van der Waals surface area contributed by atoms with Gasteiger partial charge in [0.1, 0.15) is 6.04 Å². The molecular weight excluding hydrogens is 264 g/mol. The van der Waals surface area contributed by atoms with Crippen LogP contribution in [0.15, 0.2) is 0 Å². The lowest BCUT2D eigenvalue weighted by Gasteiger charge is -2.29. The fourth-order valence-corrected chi connectivity index (χ4v) is 1.60. The van der Waals surface area contributed by atoms with E-state index < -0.39 is 24.0 Å². The van der Waals surface area contributed by atoms with Gasteiger partial charge in [0.15, 0.2) is 0 Å². The first-order valence-corrected chi connectivity index (χ1v) is 6.64. The average Bonchev–Trinajstić information content (AvgIpc) is 2.34. The van der Waals surface area contributed by atoms with Gasteiger partial charge < -0.3 is 20.4 Å². The maximum atomic E-state index is 11.9. The zero-order valence-corrected chi connectivity index (χ0v) is 12.4. The highest BCUT2D eigenvalue weighted by Gasteiger charge is 2.24. The zero-order valence-electron chi connectivity index (χ0n) is 12.4. The molecule has 0 aliphatic heterocycles. The van der Waals surface area contributed by atoms with Gasteiger partial charge in [0.2, 0.25) is 0 Å². The van der Waals surface area contributed by atoms with Gasteiger partial charge in [-0.25, -0.2) is 9.59 Å². The minimum Gasteiger partial charge on any atom is -0.481 e. The number of urea groups is 1. The van der Waals surface area contributed by atoms with Gasteiger partial charge in [-0.05, 0) is 25.7 Å². The van der Waals surface area contributed by atoms with E-state index in [1.165, 1.54) is 4.90 Å². The van der Waals surface area contributed by atoms with Gasteiger partial charge in [0, 0.05) is 19.5 Å². The van der Waals surface area contributed by atoms with Crippen molar-refractivity contribution >= 4 is 18.0 Å². The van der Waals surface area contributed by atoms with Crippen molar-refractivity contribution in [1.82, 2.24) is 10.2 Å². The number of carbonyl (C=O) groups is 3. The quantitative estimate of drug-likeness (QED) is 0.625. The molecule has 3 N–H and O–H groups in total. The van der Waals surface area contributed by atoms with E-state index in [-0.39, 0.29) is 31.2 Å². The van der Waals surface area contributed by atoms with E-state index in [4.69, 9.17) is 10.2 Å². The molecule has 0 aromatic rings. The van der Waals surface area contributed by atoms with Crippen LogP contribution in [0.3, 0.4) is 0 Å². The van der Waals surface area contributed by atoms with Crippen LogP contribution in [0.5, 0.6) is 0 Å². The van der Waals surface area contributed by atoms with E-state index in [2.05, 4.69) is 5.32 Å². The highest BCUT2D eigenvalue weighted by atomic mass is 16.4. The molecule has 0 radical (unpaired) electrons. The van der Waals surface area contributed by atoms with Crippen molar-refractivity contribution in [3.05, 3.63) is 0 Å². The molecule has 7 heteroatoms. The molecule has 2 atom stereocenters. The van der Waals surface area contributed by atoms with Gasteiger partial charge in [0.25, 0.3) is 0 Å². The molecule has 0 saturated carbocycles. The predicted octanol–water partition coefficient (Wildman–Crippen LogP) is 1.38. The summed E-state index contributed by atoms with van der Waals surface area (Å²) in [6.45, 7) is 5.82. The Morgan fingerprint density at radius 1 is 1.15 bits per heavy atom. The highest BCUT2D eigenvalue weighted by Crippen LogP contribution is 2.09. The third-order valence-corrected chi connectivity index (χ3v) is 3.38. The number of aliphatic carboxylic acids is 2. The molecular formula is C13H24N2O5. The fraction of sp³-hybridized carbons (Fsp3) is 0.769. The summed E-state index contributed by atoms with van der Waals surface area (Å²) in [6, 6.07) is -1.55. The summed E-state index contributed by atoms with van der Waals surface area (Å²) in [6.07, 6.45) is 0.186. The number of amides is 2. The summed E-state index contributed by atoms with van der Waals surface area (Å²) in [5.41, 5.74) is 0. The SMILES string of the molecule is CC(C)C(C)N(C)C(=O)N[C@H](CCCC(=O)O)C(=O)O. The minimum absolute atomic E-state index is 0.0246. The van der Waals surface area contributed by atoms with Crippen molar-refractivity contribution in [2.24, 2.45) is 5.92 Å². The first-order chi connectivity index (χ1) is 9.16. The third-order valence-electron chi connectivity index (χ3n) is 3.38. The Kier molecular flexibility index (Phi) is 7.64. The summed E-state index contributed by atoms with van der Waals surface area (Å²) in [7, 11) is 1.61. The molecule has 2 amide bonds. The molecule has 0 saturated heterocycles. The van der Waals surface area contributed by atoms with Gasteiger partial charge >= 0.3 is 18.0 Å². The van der Waals surface area contributed by atoms with Crippen molar-refractivity contribution in [2.75, 3.05) is 7.05 Å². The fourth-order valence-electron chi connectivity index (χ4n) is 1.60. The maximum Gasteiger partial charge on any atom is 0.326 e. The first-order valence-electron chi connectivity index (χ1n) is 6.64. The van der Waals surface area contributed by atoms with E-state index in [0.717, 1.165) is 0 Å². The van der Waals surface area contributed by atoms with E-state index in [1.54, 1.807) is 7.05 Å². The van der Waals surface area contributed by atoms with Crippen LogP contribution >= 0.6 is 0 Å². The number of nitrogens with zero attached hydrogens (tertiary/aromatic N) is 1. The molecule has 0 heterocycles. The molecule has 0 fully saturated rings. The molecule has 0 aromatic carbocycles. The van der Waals surface area contributed by atoms with Crippen molar-refractivity contribution in [1.29, 1.82) is 0 Å². The normalized spacial score (nSPS) is 13.7. The third kappa shape index (κ3) is 6.40. The van der Waals surface area contributed by atoms with E-state index in [9.17, 15) is 14.4 Å². The second-order valence-electron chi connectivity index (χ2n) is 5.22. The molecule has 0 aliphatic rings. The number of nitrogens with one attached hydrogen (secondary N) is 1. The molecule has 0 rings (SSSR count). The van der Waals surface area contributed by atoms with Crippen LogP contribution in [0.2, 0.25) is 0 Å². The Morgan fingerprint density at radius 3 is 2.10 bits per heavy atom. The lowest BCUT2D eigenvalue weighted by molar-refractivity contribution is -0.140. The number of carboxylic acid groups (broad SMARTS) is 2. The summed E-state index contributed by atoms with van der Waals surface area (Å²) in [5, 5.41) is 20.0. The van der Waals surface area contributed by atoms with Crippen LogP contribution in [-0.4, -0.2) is 52.2 Å². The van der Waals surface area contributed by atoms with Gasteiger partial charge in [-0.15, -0.1) is 0 Å². The Morgan fingerprint density at radius 2 is 1.70 bits per heavy atom. The largest absolute Gasteiger partial charge is 0.481 e. The second-order valence-corrected chi connectivity index (χ2v) is 5.22. The standard InChI is InChI=1S/C13H24N2O5/c1-8(2)9(3)15(4)13(20)14-10(12(18)19)6-5-7-11(16)17/h8-10H,5-7H2,1-4H3,(H,14,20)(H,16,17)(H,18,19)/t9?,10-/m1/s1. The molecule has 0 aromatic heterocycles. The maximum absolute atomic E-state index is 11.9. The summed E-state index contributed by atoms with van der Waals surface area (Å²) >= 11 is 0. The Balaban J connectivity index is 4.47. The lowest BCUT2D eigenvalue weighted by Crippen LogP contribution is -2.50. The number of hydrogen-bond acceptors (Lipinski definition) is 3. The Hall–Kier alpha value is -1.79. The summed E-state index contributed by atoms with van der Waals surface area (Å²) in [4.78, 5) is 34.9. The zero-order chi connectivity index (χ0) is 15.9. The van der Waals surface area contributed by atoms with Gasteiger partial charge in [0.05, 0.1) is 0 Å². The lowest BCUT2D eigenvalue weighted by atomic mass is 10.1. The molecule has 0 spiro atoms. The van der Waals surface area contributed by atoms with Crippen LogP contribution in [0.4, 0.5) is 4.79 Å². The topological polar surface area (TPSA) is 107 Å². The Bertz CT molecular complexity index is 357. The van der Waals surface area contributed by atoms with Crippen LogP contribution in [0.1, 0.15) is 40.0 Å². The van der Waals surface area contributed by atoms with Crippen LogP contribution in [-0.2, 0) is 9.59 Å². The van der Waals surface area contributed by atoms with Gasteiger partial charge in [-0.3, -0.25) is 4.79 Å². The predicted molar refractivity (Wildman–Crippen MR) is 73.5 cm³/mol. The minimum atomic E-state index is -1.16. The molecule has 7 nitrogen and oxygen atoms in total. The number of rotatable bonds is 8. The monoisotopic (exact) mass is 288 g/mol. The number of carbonyl (C=O) groups excluding carboxylic acids is 1. The second kappa shape index (κ2) is 8.39. The van der Waals surface area contributed by atoms with Crippen LogP contribution < -0.4 is 5.32 Å². The van der Waals surface area contributed by atoms with Crippen molar-refractivity contribution in [3.63, 3.8) is 0 Å². The first kappa shape index (κ1) is 18.2. The van der Waals surface area contributed by atoms with E-state index in [1.807, 2.05) is 20.8 Å². The summed E-state index contributed by atoms with van der Waals surface area (Å²) < 4.78 is 0. The molecule has 116 valence electrons. The van der Waals surface area contributed by atoms with E-state index in [0.29, 0.717) is 0 Å². The molecule has 0 bridgehead atoms. The number of hydrogen-bond donors (Lipinski definition) is 3.